The average Bonchev–Trinajstić information content (AvgIpc) is 2.56. The maximum Gasteiger partial charge on any atom is 0.327 e. The lowest BCUT2D eigenvalue weighted by Gasteiger charge is -2.21. The number of esters is 1. The molecule has 2 N–H and O–H groups in total. The van der Waals surface area contributed by atoms with Crippen molar-refractivity contribution in [3.05, 3.63) is 12.7 Å². The molecule has 0 aromatic carbocycles. The Hall–Kier alpha value is -1.43. The van der Waals surface area contributed by atoms with Gasteiger partial charge in [-0.25, -0.2) is 9.78 Å². The predicted molar refractivity (Wildman–Crippen MR) is 49.2 cm³/mol. The fourth-order valence-electron chi connectivity index (χ4n) is 1.01. The van der Waals surface area contributed by atoms with E-state index in [1.54, 1.807) is 13.8 Å². The minimum absolute atomic E-state index is 0.256. The molecule has 1 aromatic rings. The maximum absolute atomic E-state index is 11.4. The molecular weight excluding hydrogens is 184 g/mol. The van der Waals surface area contributed by atoms with E-state index < -0.39 is 11.5 Å². The third-order valence-corrected chi connectivity index (χ3v) is 1.70. The van der Waals surface area contributed by atoms with Gasteiger partial charge in [0.2, 0.25) is 0 Å². The highest BCUT2D eigenvalue weighted by atomic mass is 16.5. The van der Waals surface area contributed by atoms with E-state index in [1.807, 2.05) is 0 Å². The van der Waals surface area contributed by atoms with Gasteiger partial charge in [0.05, 0.1) is 13.2 Å². The minimum Gasteiger partial charge on any atom is -0.465 e. The van der Waals surface area contributed by atoms with Crippen LogP contribution in [0.1, 0.15) is 13.8 Å². The SMILES string of the molecule is CCOC(=O)C(C)(N)Cn1cncn1. The molecule has 1 rings (SSSR count). The molecule has 0 bridgehead atoms. The molecule has 1 unspecified atom stereocenters. The Morgan fingerprint density at radius 2 is 2.43 bits per heavy atom. The van der Waals surface area contributed by atoms with Gasteiger partial charge in [-0.15, -0.1) is 0 Å². The Morgan fingerprint density at radius 3 is 2.93 bits per heavy atom. The zero-order chi connectivity index (χ0) is 10.6. The average molecular weight is 198 g/mol. The molecule has 0 aliphatic carbocycles. The van der Waals surface area contributed by atoms with E-state index in [9.17, 15) is 4.79 Å². The fourth-order valence-corrected chi connectivity index (χ4v) is 1.01. The second-order valence-corrected chi connectivity index (χ2v) is 3.23. The molecule has 0 fully saturated rings. The van der Waals surface area contributed by atoms with E-state index >= 15 is 0 Å². The molecule has 1 heterocycles. The molecular formula is C8H14N4O2. The van der Waals surface area contributed by atoms with Crippen LogP contribution in [0, 0.1) is 0 Å². The van der Waals surface area contributed by atoms with E-state index in [4.69, 9.17) is 10.5 Å². The number of hydrogen-bond donors (Lipinski definition) is 1. The molecule has 1 aromatic heterocycles. The Bertz CT molecular complexity index is 294. The summed E-state index contributed by atoms with van der Waals surface area (Å²) in [6, 6.07) is 0. The first kappa shape index (κ1) is 10.6. The van der Waals surface area contributed by atoms with Crippen molar-refractivity contribution in [3.8, 4) is 0 Å². The third-order valence-electron chi connectivity index (χ3n) is 1.70. The normalized spacial score (nSPS) is 14.8. The van der Waals surface area contributed by atoms with Gasteiger partial charge in [-0.05, 0) is 13.8 Å². The smallest absolute Gasteiger partial charge is 0.327 e. The zero-order valence-corrected chi connectivity index (χ0v) is 8.30. The van der Waals surface area contributed by atoms with Gasteiger partial charge in [0.15, 0.2) is 0 Å². The van der Waals surface area contributed by atoms with Crippen LogP contribution in [0.4, 0.5) is 0 Å². The van der Waals surface area contributed by atoms with Gasteiger partial charge >= 0.3 is 5.97 Å². The minimum atomic E-state index is -1.07. The second-order valence-electron chi connectivity index (χ2n) is 3.23. The summed E-state index contributed by atoms with van der Waals surface area (Å²) in [4.78, 5) is 15.1. The van der Waals surface area contributed by atoms with Crippen molar-refractivity contribution in [2.45, 2.75) is 25.9 Å². The zero-order valence-electron chi connectivity index (χ0n) is 8.30. The molecule has 0 spiro atoms. The van der Waals surface area contributed by atoms with Crippen LogP contribution >= 0.6 is 0 Å². The quantitative estimate of drug-likeness (QED) is 0.663. The largest absolute Gasteiger partial charge is 0.465 e. The van der Waals surface area contributed by atoms with Crippen LogP contribution in [-0.2, 0) is 16.1 Å². The highest BCUT2D eigenvalue weighted by molar-refractivity contribution is 5.79. The predicted octanol–water partition coefficient (Wildman–Crippen LogP) is -0.441. The lowest BCUT2D eigenvalue weighted by molar-refractivity contribution is -0.149. The van der Waals surface area contributed by atoms with E-state index in [0.29, 0.717) is 6.61 Å². The van der Waals surface area contributed by atoms with Gasteiger partial charge < -0.3 is 10.5 Å². The van der Waals surface area contributed by atoms with Crippen molar-refractivity contribution in [1.29, 1.82) is 0 Å². The van der Waals surface area contributed by atoms with Crippen LogP contribution in [0.3, 0.4) is 0 Å². The van der Waals surface area contributed by atoms with Gasteiger partial charge in [-0.3, -0.25) is 4.68 Å². The number of carbonyl (C=O) groups excluding carboxylic acids is 1. The fraction of sp³-hybridized carbons (Fsp3) is 0.625. The summed E-state index contributed by atoms with van der Waals surface area (Å²) in [5.41, 5.74) is 4.71. The molecule has 1 atom stereocenters. The number of hydrogen-bond acceptors (Lipinski definition) is 5. The van der Waals surface area contributed by atoms with E-state index in [2.05, 4.69) is 10.1 Å². The van der Waals surface area contributed by atoms with E-state index in [-0.39, 0.29) is 6.54 Å². The van der Waals surface area contributed by atoms with Gasteiger partial charge in [0, 0.05) is 0 Å². The Labute approximate surface area is 82.1 Å². The lowest BCUT2D eigenvalue weighted by atomic mass is 10.1. The summed E-state index contributed by atoms with van der Waals surface area (Å²) >= 11 is 0. The van der Waals surface area contributed by atoms with Crippen LogP contribution in [-0.4, -0.2) is 32.9 Å². The number of ether oxygens (including phenoxy) is 1. The van der Waals surface area contributed by atoms with Crippen LogP contribution in [0.25, 0.3) is 0 Å². The number of carbonyl (C=O) groups is 1. The van der Waals surface area contributed by atoms with E-state index in [1.165, 1.54) is 17.3 Å². The van der Waals surface area contributed by atoms with Gasteiger partial charge in [-0.2, -0.15) is 5.10 Å². The number of nitrogens with two attached hydrogens (primary N) is 1. The molecule has 6 nitrogen and oxygen atoms in total. The molecule has 0 radical (unpaired) electrons. The van der Waals surface area contributed by atoms with Gasteiger partial charge in [0.1, 0.15) is 18.2 Å². The van der Waals surface area contributed by atoms with Crippen LogP contribution < -0.4 is 5.73 Å². The molecule has 0 aliphatic heterocycles. The molecule has 0 saturated carbocycles. The van der Waals surface area contributed by atoms with Crippen molar-refractivity contribution in [1.82, 2.24) is 14.8 Å². The topological polar surface area (TPSA) is 83.0 Å². The lowest BCUT2D eigenvalue weighted by Crippen LogP contribution is -2.49. The highest BCUT2D eigenvalue weighted by Gasteiger charge is 2.30. The van der Waals surface area contributed by atoms with E-state index in [0.717, 1.165) is 0 Å². The first-order valence-corrected chi connectivity index (χ1v) is 4.35. The highest BCUT2D eigenvalue weighted by Crippen LogP contribution is 2.05. The third kappa shape index (κ3) is 2.53. The summed E-state index contributed by atoms with van der Waals surface area (Å²) in [5, 5.41) is 3.86. The summed E-state index contributed by atoms with van der Waals surface area (Å²) in [6.45, 7) is 3.92. The van der Waals surface area contributed by atoms with Gasteiger partial charge in [0.25, 0.3) is 0 Å². The summed E-state index contributed by atoms with van der Waals surface area (Å²) in [5.74, 6) is -0.435. The molecule has 78 valence electrons. The number of aromatic nitrogens is 3. The molecule has 6 heteroatoms. The van der Waals surface area contributed by atoms with Crippen molar-refractivity contribution >= 4 is 5.97 Å². The maximum atomic E-state index is 11.4. The van der Waals surface area contributed by atoms with Crippen molar-refractivity contribution in [2.75, 3.05) is 6.61 Å². The number of rotatable bonds is 4. The Balaban J connectivity index is 2.61. The second kappa shape index (κ2) is 4.19. The Kier molecular flexibility index (Phi) is 3.19. The number of nitrogens with zero attached hydrogens (tertiary/aromatic N) is 3. The Morgan fingerprint density at radius 1 is 1.71 bits per heavy atom. The summed E-state index contributed by atoms with van der Waals surface area (Å²) in [7, 11) is 0. The summed E-state index contributed by atoms with van der Waals surface area (Å²) in [6.07, 6.45) is 2.89. The first-order chi connectivity index (χ1) is 6.56. The van der Waals surface area contributed by atoms with Gasteiger partial charge in [-0.1, -0.05) is 0 Å². The first-order valence-electron chi connectivity index (χ1n) is 4.35. The summed E-state index contributed by atoms with van der Waals surface area (Å²) < 4.78 is 6.33. The van der Waals surface area contributed by atoms with Crippen molar-refractivity contribution < 1.29 is 9.53 Å². The molecule has 0 amide bonds. The van der Waals surface area contributed by atoms with Crippen molar-refractivity contribution in [3.63, 3.8) is 0 Å². The monoisotopic (exact) mass is 198 g/mol. The standard InChI is InChI=1S/C8H14N4O2/c1-3-14-7(13)8(2,9)4-12-6-10-5-11-12/h5-6H,3-4,9H2,1-2H3. The molecule has 14 heavy (non-hydrogen) atoms. The van der Waals surface area contributed by atoms with Crippen molar-refractivity contribution in [2.24, 2.45) is 5.73 Å². The van der Waals surface area contributed by atoms with Crippen LogP contribution in [0.2, 0.25) is 0 Å². The van der Waals surface area contributed by atoms with Crippen LogP contribution in [0.5, 0.6) is 0 Å². The molecule has 0 saturated heterocycles. The molecule has 0 aliphatic rings. The van der Waals surface area contributed by atoms with Crippen LogP contribution in [0.15, 0.2) is 12.7 Å².